The van der Waals surface area contributed by atoms with Gasteiger partial charge in [0.25, 0.3) is 15.9 Å². The molecule has 0 spiro atoms. The van der Waals surface area contributed by atoms with Gasteiger partial charge >= 0.3 is 0 Å². The molecule has 0 radical (unpaired) electrons. The van der Waals surface area contributed by atoms with E-state index in [2.05, 4.69) is 10.5 Å². The van der Waals surface area contributed by atoms with Crippen LogP contribution >= 0.6 is 34.8 Å². The second kappa shape index (κ2) is 12.1. The largest absolute Gasteiger partial charge is 0.495 e. The van der Waals surface area contributed by atoms with Gasteiger partial charge in [0, 0.05) is 10.6 Å². The first-order valence-electron chi connectivity index (χ1n) is 11.4. The molecule has 39 heavy (non-hydrogen) atoms. The zero-order valence-corrected chi connectivity index (χ0v) is 23.8. The number of methoxy groups -OCH3 is 1. The summed E-state index contributed by atoms with van der Waals surface area (Å²) in [4.78, 5) is 12.8. The topological polar surface area (TPSA) is 101 Å². The summed E-state index contributed by atoms with van der Waals surface area (Å²) in [6.07, 6.45) is 1.29. The molecule has 0 saturated carbocycles. The van der Waals surface area contributed by atoms with Crippen LogP contribution in [0.5, 0.6) is 5.75 Å². The number of ether oxygens (including phenoxy) is 1. The van der Waals surface area contributed by atoms with Gasteiger partial charge in [-0.2, -0.15) is 5.10 Å². The molecule has 3 aromatic carbocycles. The Hall–Kier alpha value is -3.50. The Bertz CT molecular complexity index is 1640. The molecule has 0 saturated heterocycles. The number of furan rings is 1. The van der Waals surface area contributed by atoms with Gasteiger partial charge < -0.3 is 9.15 Å². The number of halogens is 3. The van der Waals surface area contributed by atoms with Gasteiger partial charge in [0.15, 0.2) is 0 Å². The minimum absolute atomic E-state index is 0.0142. The predicted octanol–water partition coefficient (Wildman–Crippen LogP) is 6.57. The number of anilines is 1. The normalized spacial score (nSPS) is 11.5. The number of hydrogen-bond acceptors (Lipinski definition) is 6. The fourth-order valence-electron chi connectivity index (χ4n) is 3.55. The molecule has 4 rings (SSSR count). The second-order valence-corrected chi connectivity index (χ2v) is 11.4. The zero-order chi connectivity index (χ0) is 28.2. The molecule has 8 nitrogen and oxygen atoms in total. The van der Waals surface area contributed by atoms with Crippen LogP contribution in [-0.4, -0.2) is 34.2 Å². The first kappa shape index (κ1) is 28.5. The van der Waals surface area contributed by atoms with Gasteiger partial charge in [-0.25, -0.2) is 13.8 Å². The molecule has 0 aliphatic heterocycles. The lowest BCUT2D eigenvalue weighted by molar-refractivity contribution is -0.119. The molecular weight excluding hydrogens is 585 g/mol. The van der Waals surface area contributed by atoms with Crippen LogP contribution < -0.4 is 14.5 Å². The fourth-order valence-corrected chi connectivity index (χ4v) is 5.72. The van der Waals surface area contributed by atoms with Crippen LogP contribution in [0.2, 0.25) is 15.1 Å². The van der Waals surface area contributed by atoms with Gasteiger partial charge in [-0.3, -0.25) is 9.10 Å². The minimum Gasteiger partial charge on any atom is -0.495 e. The molecule has 0 fully saturated rings. The van der Waals surface area contributed by atoms with Crippen molar-refractivity contribution in [3.8, 4) is 17.1 Å². The summed E-state index contributed by atoms with van der Waals surface area (Å²) in [7, 11) is -2.69. The monoisotopic (exact) mass is 605 g/mol. The molecule has 1 N–H and O–H groups in total. The van der Waals surface area contributed by atoms with Crippen molar-refractivity contribution in [2.75, 3.05) is 18.0 Å². The van der Waals surface area contributed by atoms with E-state index in [0.717, 1.165) is 9.87 Å². The summed E-state index contributed by atoms with van der Waals surface area (Å²) in [5, 5.41) is 5.00. The number of hydrogen-bond donors (Lipinski definition) is 1. The SMILES string of the molecule is COc1ccc(N(CC(=O)N/N=C\c2ccc(-c3ccc(Cl)cc3Cl)o2)S(=O)(=O)c2ccc(C)cc2)cc1Cl. The van der Waals surface area contributed by atoms with Crippen LogP contribution in [0.3, 0.4) is 0 Å². The first-order chi connectivity index (χ1) is 18.6. The standard InChI is InChI=1S/C27H22Cl3N3O5S/c1-17-3-8-21(9-4-17)39(35,36)33(19-6-11-26(37-2)24(30)14-19)16-27(34)32-31-15-20-7-12-25(38-20)22-10-5-18(28)13-23(22)29/h3-15H,16H2,1-2H3,(H,32,34)/b31-15-. The van der Waals surface area contributed by atoms with Gasteiger partial charge in [-0.1, -0.05) is 52.5 Å². The van der Waals surface area contributed by atoms with Crippen molar-refractivity contribution >= 4 is 62.6 Å². The molecule has 202 valence electrons. The summed E-state index contributed by atoms with van der Waals surface area (Å²) >= 11 is 18.4. The number of aryl methyl sites for hydroxylation is 1. The maximum absolute atomic E-state index is 13.5. The number of benzene rings is 3. The van der Waals surface area contributed by atoms with Gasteiger partial charge in [0.05, 0.1) is 34.0 Å². The van der Waals surface area contributed by atoms with Crippen LogP contribution in [0.25, 0.3) is 11.3 Å². The molecule has 12 heteroatoms. The average Bonchev–Trinajstić information content (AvgIpc) is 3.36. The van der Waals surface area contributed by atoms with E-state index in [-0.39, 0.29) is 15.6 Å². The summed E-state index contributed by atoms with van der Waals surface area (Å²) in [6.45, 7) is 1.27. The average molecular weight is 607 g/mol. The highest BCUT2D eigenvalue weighted by Gasteiger charge is 2.28. The first-order valence-corrected chi connectivity index (χ1v) is 14.0. The molecule has 1 aromatic heterocycles. The Morgan fingerprint density at radius 1 is 1.00 bits per heavy atom. The Morgan fingerprint density at radius 3 is 2.41 bits per heavy atom. The lowest BCUT2D eigenvalue weighted by Crippen LogP contribution is -2.39. The van der Waals surface area contributed by atoms with E-state index < -0.39 is 22.5 Å². The van der Waals surface area contributed by atoms with Crippen molar-refractivity contribution in [3.63, 3.8) is 0 Å². The predicted molar refractivity (Wildman–Crippen MR) is 154 cm³/mol. The molecule has 1 heterocycles. The Morgan fingerprint density at radius 2 is 1.74 bits per heavy atom. The van der Waals surface area contributed by atoms with Crippen LogP contribution in [0.15, 0.2) is 87.2 Å². The van der Waals surface area contributed by atoms with E-state index >= 15 is 0 Å². The van der Waals surface area contributed by atoms with Crippen molar-refractivity contribution < 1.29 is 22.4 Å². The smallest absolute Gasteiger partial charge is 0.264 e. The van der Waals surface area contributed by atoms with Gasteiger partial charge in [0.2, 0.25) is 0 Å². The molecular formula is C27H22Cl3N3O5S. The molecule has 0 unspecified atom stereocenters. The van der Waals surface area contributed by atoms with E-state index in [0.29, 0.717) is 32.9 Å². The third-order valence-corrected chi connectivity index (χ3v) is 8.16. The highest BCUT2D eigenvalue weighted by molar-refractivity contribution is 7.92. The Kier molecular flexibility index (Phi) is 8.87. The lowest BCUT2D eigenvalue weighted by Gasteiger charge is -2.24. The minimum atomic E-state index is -4.13. The third-order valence-electron chi connectivity index (χ3n) is 5.52. The van der Waals surface area contributed by atoms with Gasteiger partial charge in [-0.05, 0) is 67.6 Å². The quantitative estimate of drug-likeness (QED) is 0.172. The maximum Gasteiger partial charge on any atom is 0.264 e. The summed E-state index contributed by atoms with van der Waals surface area (Å²) in [5.74, 6) is 0.486. The van der Waals surface area contributed by atoms with E-state index in [9.17, 15) is 13.2 Å². The third kappa shape index (κ3) is 6.75. The number of nitrogens with zero attached hydrogens (tertiary/aromatic N) is 2. The number of nitrogens with one attached hydrogen (secondary N) is 1. The fraction of sp³-hybridized carbons (Fsp3) is 0.111. The number of sulfonamides is 1. The molecule has 0 aliphatic rings. The maximum atomic E-state index is 13.5. The van der Waals surface area contributed by atoms with E-state index in [4.69, 9.17) is 44.0 Å². The van der Waals surface area contributed by atoms with Crippen molar-refractivity contribution in [2.45, 2.75) is 11.8 Å². The molecule has 0 aliphatic carbocycles. The molecule has 4 aromatic rings. The number of carbonyl (C=O) groups excluding carboxylic acids is 1. The molecule has 0 atom stereocenters. The number of rotatable bonds is 9. The zero-order valence-electron chi connectivity index (χ0n) is 20.7. The summed E-state index contributed by atoms with van der Waals surface area (Å²) < 4.78 is 38.9. The second-order valence-electron chi connectivity index (χ2n) is 8.26. The van der Waals surface area contributed by atoms with Crippen LogP contribution in [0.4, 0.5) is 5.69 Å². The number of carbonyl (C=O) groups is 1. The van der Waals surface area contributed by atoms with E-state index in [1.807, 2.05) is 6.92 Å². The van der Waals surface area contributed by atoms with Crippen LogP contribution in [0, 0.1) is 6.92 Å². The van der Waals surface area contributed by atoms with E-state index in [1.54, 1.807) is 42.5 Å². The highest BCUT2D eigenvalue weighted by atomic mass is 35.5. The van der Waals surface area contributed by atoms with Crippen molar-refractivity contribution in [2.24, 2.45) is 5.10 Å². The summed E-state index contributed by atoms with van der Waals surface area (Å²) in [6, 6.07) is 19.1. The van der Waals surface area contributed by atoms with Crippen LogP contribution in [0.1, 0.15) is 11.3 Å². The van der Waals surface area contributed by atoms with Crippen LogP contribution in [-0.2, 0) is 14.8 Å². The Labute approximate surface area is 240 Å². The highest BCUT2D eigenvalue weighted by Crippen LogP contribution is 2.33. The number of amides is 1. The Balaban J connectivity index is 1.53. The van der Waals surface area contributed by atoms with Crippen molar-refractivity contribution in [1.29, 1.82) is 0 Å². The van der Waals surface area contributed by atoms with Gasteiger partial charge in [0.1, 0.15) is 23.8 Å². The van der Waals surface area contributed by atoms with Crippen molar-refractivity contribution in [3.05, 3.63) is 99.2 Å². The molecule has 0 bridgehead atoms. The van der Waals surface area contributed by atoms with E-state index in [1.165, 1.54) is 43.7 Å². The summed E-state index contributed by atoms with van der Waals surface area (Å²) in [5.41, 5.74) is 4.04. The lowest BCUT2D eigenvalue weighted by atomic mass is 10.2. The number of hydrazone groups is 1. The molecule has 1 amide bonds. The van der Waals surface area contributed by atoms with Crippen molar-refractivity contribution in [1.82, 2.24) is 5.43 Å². The van der Waals surface area contributed by atoms with Gasteiger partial charge in [-0.15, -0.1) is 0 Å².